The van der Waals surface area contributed by atoms with Gasteiger partial charge in [-0.1, -0.05) is 56.1 Å². The van der Waals surface area contributed by atoms with E-state index in [1.165, 1.54) is 0 Å². The first-order valence-corrected chi connectivity index (χ1v) is 11.7. The third kappa shape index (κ3) is 4.61. The number of nitrogens with one attached hydrogen (secondary N) is 1. The summed E-state index contributed by atoms with van der Waals surface area (Å²) in [5, 5.41) is 14.9. The van der Waals surface area contributed by atoms with Gasteiger partial charge in [0.2, 0.25) is 5.82 Å². The molecule has 0 spiro atoms. The molecular weight excluding hydrogens is 438 g/mol. The fourth-order valence-electron chi connectivity index (χ4n) is 3.96. The van der Waals surface area contributed by atoms with Gasteiger partial charge in [0.25, 0.3) is 0 Å². The Balaban J connectivity index is 1.67. The van der Waals surface area contributed by atoms with Crippen molar-refractivity contribution < 1.29 is 0 Å². The number of aromatic amines is 1. The molecular formula is C24H28ClN7O. The van der Waals surface area contributed by atoms with Gasteiger partial charge in [-0.2, -0.15) is 5.21 Å². The van der Waals surface area contributed by atoms with Gasteiger partial charge in [0.05, 0.1) is 12.2 Å². The van der Waals surface area contributed by atoms with E-state index in [1.54, 1.807) is 17.0 Å². The molecule has 0 bridgehead atoms. The summed E-state index contributed by atoms with van der Waals surface area (Å²) in [6.45, 7) is 6.72. The Kier molecular flexibility index (Phi) is 7.03. The molecule has 3 aromatic heterocycles. The maximum atomic E-state index is 13.3. The minimum atomic E-state index is -0.0452. The van der Waals surface area contributed by atoms with E-state index < -0.39 is 0 Å². The van der Waals surface area contributed by atoms with E-state index in [0.29, 0.717) is 17.5 Å². The zero-order valence-corrected chi connectivity index (χ0v) is 19.9. The maximum Gasteiger partial charge on any atom is 0.330 e. The molecule has 0 fully saturated rings. The third-order valence-corrected chi connectivity index (χ3v) is 6.42. The largest absolute Gasteiger partial charge is 0.330 e. The van der Waals surface area contributed by atoms with Gasteiger partial charge in [-0.05, 0) is 48.6 Å². The van der Waals surface area contributed by atoms with Crippen LogP contribution in [0.25, 0.3) is 22.5 Å². The van der Waals surface area contributed by atoms with Crippen LogP contribution in [0.3, 0.4) is 0 Å². The molecule has 4 rings (SSSR count). The number of rotatable bonds is 9. The second-order valence-electron chi connectivity index (χ2n) is 8.19. The quantitative estimate of drug-likeness (QED) is 0.379. The van der Waals surface area contributed by atoms with Gasteiger partial charge in [-0.3, -0.25) is 14.1 Å². The predicted octanol–water partition coefficient (Wildman–Crippen LogP) is 4.91. The molecule has 172 valence electrons. The number of nitrogens with zero attached hydrogens (tertiary/aromatic N) is 6. The van der Waals surface area contributed by atoms with E-state index >= 15 is 0 Å². The van der Waals surface area contributed by atoms with Gasteiger partial charge in [0.1, 0.15) is 5.15 Å². The van der Waals surface area contributed by atoms with Crippen LogP contribution in [-0.4, -0.2) is 34.7 Å². The summed E-state index contributed by atoms with van der Waals surface area (Å²) in [5.74, 6) is 0.518. The summed E-state index contributed by atoms with van der Waals surface area (Å²) in [4.78, 5) is 17.5. The highest BCUT2D eigenvalue weighted by molar-refractivity contribution is 6.30. The molecule has 1 aromatic carbocycles. The number of hydrogen-bond acceptors (Lipinski definition) is 5. The number of tetrazole rings is 1. The first kappa shape index (κ1) is 22.9. The number of hydrogen-bond donors (Lipinski definition) is 1. The minimum Gasteiger partial charge on any atom is -0.290 e. The molecule has 0 aliphatic rings. The van der Waals surface area contributed by atoms with Gasteiger partial charge in [-0.25, -0.2) is 4.79 Å². The van der Waals surface area contributed by atoms with E-state index in [9.17, 15) is 4.79 Å². The molecule has 0 radical (unpaired) electrons. The molecule has 0 aliphatic carbocycles. The fraction of sp³-hybridized carbons (Fsp3) is 0.375. The molecule has 33 heavy (non-hydrogen) atoms. The predicted molar refractivity (Wildman–Crippen MR) is 129 cm³/mol. The van der Waals surface area contributed by atoms with E-state index in [4.69, 9.17) is 11.6 Å². The Labute approximate surface area is 197 Å². The van der Waals surface area contributed by atoms with E-state index in [0.717, 1.165) is 53.6 Å². The van der Waals surface area contributed by atoms with Gasteiger partial charge in [0, 0.05) is 29.6 Å². The first-order chi connectivity index (χ1) is 16.0. The van der Waals surface area contributed by atoms with Crippen LogP contribution in [-0.2, 0) is 13.0 Å². The van der Waals surface area contributed by atoms with Crippen LogP contribution in [0.2, 0.25) is 5.15 Å². The third-order valence-electron chi connectivity index (χ3n) is 6.02. The molecule has 3 heterocycles. The molecule has 0 amide bonds. The number of benzene rings is 1. The lowest BCUT2D eigenvalue weighted by molar-refractivity contribution is 0.505. The van der Waals surface area contributed by atoms with Gasteiger partial charge >= 0.3 is 5.69 Å². The number of unbranched alkanes of at least 4 members (excludes halogenated alkanes) is 1. The van der Waals surface area contributed by atoms with Crippen LogP contribution in [0.15, 0.2) is 47.5 Å². The molecule has 0 aliphatic heterocycles. The lowest BCUT2D eigenvalue weighted by Crippen LogP contribution is -2.27. The van der Waals surface area contributed by atoms with Crippen LogP contribution in [0.4, 0.5) is 0 Å². The Morgan fingerprint density at radius 2 is 1.91 bits per heavy atom. The van der Waals surface area contributed by atoms with Crippen molar-refractivity contribution in [3.63, 3.8) is 0 Å². The maximum absolute atomic E-state index is 13.3. The van der Waals surface area contributed by atoms with Crippen molar-refractivity contribution >= 4 is 11.6 Å². The zero-order valence-electron chi connectivity index (χ0n) is 19.1. The molecule has 0 saturated carbocycles. The molecule has 9 heteroatoms. The van der Waals surface area contributed by atoms with Crippen molar-refractivity contribution in [1.29, 1.82) is 0 Å². The summed E-state index contributed by atoms with van der Waals surface area (Å²) in [6, 6.07) is 10.1. The van der Waals surface area contributed by atoms with Crippen molar-refractivity contribution in [3.05, 3.63) is 69.6 Å². The number of halogens is 1. The monoisotopic (exact) mass is 465 g/mol. The lowest BCUT2D eigenvalue weighted by atomic mass is 10.0. The van der Waals surface area contributed by atoms with Crippen molar-refractivity contribution in [2.45, 2.75) is 59.0 Å². The summed E-state index contributed by atoms with van der Waals surface area (Å²) in [6.07, 6.45) is 7.17. The Hall–Kier alpha value is -3.26. The number of pyridine rings is 1. The van der Waals surface area contributed by atoms with E-state index in [2.05, 4.69) is 39.5 Å². The molecule has 0 saturated heterocycles. The molecule has 1 atom stereocenters. The van der Waals surface area contributed by atoms with Gasteiger partial charge < -0.3 is 0 Å². The van der Waals surface area contributed by atoms with Crippen LogP contribution in [0.1, 0.15) is 57.3 Å². The standard InChI is InChI=1S/C24H28ClN7O/c1-4-6-7-21-22(25)32(16(3)5-2)24(33)31(21)15-17-8-10-18(11-9-17)20-14-26-13-12-19(20)23-27-29-30-28-23/h8-14,16H,4-7,15H2,1-3H3,(H,27,28,29,30). The van der Waals surface area contributed by atoms with Gasteiger partial charge in [0.15, 0.2) is 0 Å². The molecule has 1 N–H and O–H groups in total. The summed E-state index contributed by atoms with van der Waals surface area (Å²) in [7, 11) is 0. The van der Waals surface area contributed by atoms with Crippen molar-refractivity contribution in [1.82, 2.24) is 34.7 Å². The fourth-order valence-corrected chi connectivity index (χ4v) is 4.39. The number of imidazole rings is 1. The average molecular weight is 466 g/mol. The smallest absolute Gasteiger partial charge is 0.290 e. The second-order valence-corrected chi connectivity index (χ2v) is 8.55. The number of aromatic nitrogens is 7. The average Bonchev–Trinajstić information content (AvgIpc) is 3.45. The Morgan fingerprint density at radius 1 is 1.12 bits per heavy atom. The van der Waals surface area contributed by atoms with Crippen molar-refractivity contribution in [2.24, 2.45) is 0 Å². The van der Waals surface area contributed by atoms with Crippen molar-refractivity contribution in [2.75, 3.05) is 0 Å². The first-order valence-electron chi connectivity index (χ1n) is 11.3. The summed E-state index contributed by atoms with van der Waals surface area (Å²) >= 11 is 6.70. The Bertz CT molecular complexity index is 1260. The normalized spacial score (nSPS) is 12.2. The van der Waals surface area contributed by atoms with Crippen molar-refractivity contribution in [3.8, 4) is 22.5 Å². The highest BCUT2D eigenvalue weighted by Gasteiger charge is 2.21. The lowest BCUT2D eigenvalue weighted by Gasteiger charge is -2.10. The minimum absolute atomic E-state index is 0.0452. The molecule has 8 nitrogen and oxygen atoms in total. The highest BCUT2D eigenvalue weighted by Crippen LogP contribution is 2.29. The second kappa shape index (κ2) is 10.1. The van der Waals surface area contributed by atoms with Crippen LogP contribution < -0.4 is 5.69 Å². The summed E-state index contributed by atoms with van der Waals surface area (Å²) in [5.41, 5.74) is 4.65. The number of H-pyrrole nitrogens is 1. The highest BCUT2D eigenvalue weighted by atomic mass is 35.5. The van der Waals surface area contributed by atoms with Crippen LogP contribution in [0.5, 0.6) is 0 Å². The molecule has 4 aromatic rings. The van der Waals surface area contributed by atoms with Crippen LogP contribution in [0, 0.1) is 0 Å². The van der Waals surface area contributed by atoms with Crippen LogP contribution >= 0.6 is 11.6 Å². The summed E-state index contributed by atoms with van der Waals surface area (Å²) < 4.78 is 3.56. The van der Waals surface area contributed by atoms with E-state index in [-0.39, 0.29) is 11.7 Å². The Morgan fingerprint density at radius 3 is 2.58 bits per heavy atom. The van der Waals surface area contributed by atoms with Gasteiger partial charge in [-0.15, -0.1) is 10.2 Å². The molecule has 1 unspecified atom stereocenters. The zero-order chi connectivity index (χ0) is 23.4. The topological polar surface area (TPSA) is 94.3 Å². The van der Waals surface area contributed by atoms with E-state index in [1.807, 2.05) is 41.8 Å². The SMILES string of the molecule is CCCCc1c(Cl)n(C(C)CC)c(=O)n1Cc1ccc(-c2cnccc2-c2nn[nH]n2)cc1.